The summed E-state index contributed by atoms with van der Waals surface area (Å²) in [6.45, 7) is 15.7. The van der Waals surface area contributed by atoms with Gasteiger partial charge < -0.3 is 4.42 Å². The topological polar surface area (TPSA) is 40.8 Å². The highest BCUT2D eigenvalue weighted by atomic mass is 28.3. The molecule has 0 amide bonds. The maximum Gasteiger partial charge on any atom is 0.216 e. The molecule has 3 aromatic carbocycles. The summed E-state index contributed by atoms with van der Waals surface area (Å²) >= 11 is 0. The standard InChI is InChI=1S/C32H33N2OSi/c1-19-9-15-27-30-24(18-33)12-16-26(23-10-13-25(14-11-23)36(6,7)8)31(30)35-32(27)29(19)28-17-20(2)21(3)22(4)34(28)5/h9-17H,1-8H3/q+1. The van der Waals surface area contributed by atoms with E-state index in [2.05, 4.69) is 107 Å². The Bertz CT molecular complexity index is 1710. The Balaban J connectivity index is 1.85. The van der Waals surface area contributed by atoms with Gasteiger partial charge in [-0.15, -0.1) is 0 Å². The van der Waals surface area contributed by atoms with Crippen molar-refractivity contribution in [2.24, 2.45) is 7.05 Å². The molecule has 0 unspecified atom stereocenters. The molecule has 0 spiro atoms. The van der Waals surface area contributed by atoms with Gasteiger partial charge in [0.2, 0.25) is 5.69 Å². The van der Waals surface area contributed by atoms with Gasteiger partial charge in [0.1, 0.15) is 18.2 Å². The first-order valence-electron chi connectivity index (χ1n) is 12.5. The molecule has 4 heteroatoms. The third-order valence-electron chi connectivity index (χ3n) is 7.79. The molecule has 180 valence electrons. The lowest BCUT2D eigenvalue weighted by atomic mass is 9.95. The highest BCUT2D eigenvalue weighted by Crippen LogP contribution is 2.42. The number of pyridine rings is 1. The minimum Gasteiger partial charge on any atom is -0.454 e. The van der Waals surface area contributed by atoms with Crippen LogP contribution in [0.5, 0.6) is 0 Å². The zero-order chi connectivity index (χ0) is 25.9. The molecule has 0 radical (unpaired) electrons. The summed E-state index contributed by atoms with van der Waals surface area (Å²) < 4.78 is 9.00. The second kappa shape index (κ2) is 8.46. The summed E-state index contributed by atoms with van der Waals surface area (Å²) in [6, 6.07) is 21.8. The van der Waals surface area contributed by atoms with Crippen molar-refractivity contribution in [3.63, 3.8) is 0 Å². The Morgan fingerprint density at radius 3 is 2.17 bits per heavy atom. The monoisotopic (exact) mass is 489 g/mol. The van der Waals surface area contributed by atoms with E-state index in [9.17, 15) is 5.26 Å². The predicted octanol–water partition coefficient (Wildman–Crippen LogP) is 7.40. The van der Waals surface area contributed by atoms with Gasteiger partial charge in [-0.2, -0.15) is 9.83 Å². The molecular formula is C32H33N2OSi+. The maximum atomic E-state index is 10.00. The molecule has 36 heavy (non-hydrogen) atoms. The molecule has 0 saturated heterocycles. The summed E-state index contributed by atoms with van der Waals surface area (Å²) in [7, 11) is 0.724. The third-order valence-corrected chi connectivity index (χ3v) is 9.85. The fraction of sp³-hybridized carbons (Fsp3) is 0.250. The van der Waals surface area contributed by atoms with Crippen molar-refractivity contribution in [1.29, 1.82) is 5.26 Å². The lowest BCUT2D eigenvalue weighted by Gasteiger charge is -2.16. The van der Waals surface area contributed by atoms with Gasteiger partial charge >= 0.3 is 0 Å². The second-order valence-corrected chi connectivity index (χ2v) is 16.1. The molecule has 5 rings (SSSR count). The van der Waals surface area contributed by atoms with E-state index in [-0.39, 0.29) is 0 Å². The van der Waals surface area contributed by atoms with Crippen LogP contribution in [0.4, 0.5) is 0 Å². The molecule has 0 fully saturated rings. The molecule has 2 heterocycles. The number of hydrogen-bond donors (Lipinski definition) is 0. The van der Waals surface area contributed by atoms with E-state index < -0.39 is 8.07 Å². The normalized spacial score (nSPS) is 11.9. The molecule has 0 atom stereocenters. The van der Waals surface area contributed by atoms with Crippen LogP contribution in [0.2, 0.25) is 19.6 Å². The molecule has 2 aromatic heterocycles. The van der Waals surface area contributed by atoms with Crippen LogP contribution in [0.25, 0.3) is 44.3 Å². The van der Waals surface area contributed by atoms with E-state index in [1.165, 1.54) is 22.0 Å². The van der Waals surface area contributed by atoms with Crippen LogP contribution < -0.4 is 9.75 Å². The molecule has 0 bridgehead atoms. The number of rotatable bonds is 3. The van der Waals surface area contributed by atoms with E-state index in [1.807, 2.05) is 12.1 Å². The highest BCUT2D eigenvalue weighted by Gasteiger charge is 2.25. The van der Waals surface area contributed by atoms with Gasteiger partial charge in [-0.3, -0.25) is 0 Å². The Morgan fingerprint density at radius 1 is 0.833 bits per heavy atom. The molecule has 3 nitrogen and oxygen atoms in total. The second-order valence-electron chi connectivity index (χ2n) is 11.0. The van der Waals surface area contributed by atoms with Gasteiger partial charge in [0.05, 0.1) is 25.3 Å². The molecule has 0 saturated carbocycles. The zero-order valence-electron chi connectivity index (χ0n) is 22.5. The lowest BCUT2D eigenvalue weighted by Crippen LogP contribution is -2.37. The van der Waals surface area contributed by atoms with Gasteiger partial charge in [0.15, 0.2) is 5.69 Å². The minimum absolute atomic E-state index is 0.640. The highest BCUT2D eigenvalue weighted by molar-refractivity contribution is 6.88. The minimum atomic E-state index is -1.39. The van der Waals surface area contributed by atoms with Gasteiger partial charge in [-0.05, 0) is 49.6 Å². The summed E-state index contributed by atoms with van der Waals surface area (Å²) in [5.41, 5.74) is 11.5. The Labute approximate surface area is 214 Å². The number of nitriles is 1. The number of aryl methyl sites for hydroxylation is 2. The van der Waals surface area contributed by atoms with Crippen LogP contribution >= 0.6 is 0 Å². The van der Waals surface area contributed by atoms with E-state index in [1.54, 1.807) is 0 Å². The Morgan fingerprint density at radius 2 is 1.53 bits per heavy atom. The van der Waals surface area contributed by atoms with Crippen LogP contribution in [0, 0.1) is 39.0 Å². The summed E-state index contributed by atoms with van der Waals surface area (Å²) in [5, 5.41) is 13.3. The molecule has 0 aliphatic carbocycles. The first-order valence-corrected chi connectivity index (χ1v) is 16.0. The quantitative estimate of drug-likeness (QED) is 0.196. The number of furan rings is 1. The molecule has 0 N–H and O–H groups in total. The zero-order valence-corrected chi connectivity index (χ0v) is 23.5. The molecular weight excluding hydrogens is 456 g/mol. The van der Waals surface area contributed by atoms with Crippen LogP contribution in [0.15, 0.2) is 59.0 Å². The van der Waals surface area contributed by atoms with Crippen molar-refractivity contribution in [3.8, 4) is 28.5 Å². The number of aromatic nitrogens is 1. The third kappa shape index (κ3) is 3.67. The fourth-order valence-corrected chi connectivity index (χ4v) is 6.36. The van der Waals surface area contributed by atoms with Gasteiger partial charge in [-0.25, -0.2) is 0 Å². The van der Waals surface area contributed by atoms with Gasteiger partial charge in [0, 0.05) is 34.9 Å². The molecule has 0 aliphatic rings. The first kappa shape index (κ1) is 24.0. The average Bonchev–Trinajstić information content (AvgIpc) is 3.24. The predicted molar refractivity (Wildman–Crippen MR) is 152 cm³/mol. The van der Waals surface area contributed by atoms with Crippen molar-refractivity contribution < 1.29 is 8.98 Å². The van der Waals surface area contributed by atoms with Crippen LogP contribution in [0.3, 0.4) is 0 Å². The van der Waals surface area contributed by atoms with Gasteiger partial charge in [0.25, 0.3) is 0 Å². The van der Waals surface area contributed by atoms with E-state index in [0.717, 1.165) is 49.9 Å². The summed E-state index contributed by atoms with van der Waals surface area (Å²) in [4.78, 5) is 0. The number of nitrogens with zero attached hydrogens (tertiary/aromatic N) is 2. The van der Waals surface area contributed by atoms with Crippen molar-refractivity contribution in [3.05, 3.63) is 82.5 Å². The van der Waals surface area contributed by atoms with Crippen LogP contribution in [0.1, 0.15) is 27.9 Å². The number of benzene rings is 3. The van der Waals surface area contributed by atoms with Crippen LogP contribution in [-0.2, 0) is 7.05 Å². The van der Waals surface area contributed by atoms with Crippen molar-refractivity contribution in [2.75, 3.05) is 0 Å². The van der Waals surface area contributed by atoms with Gasteiger partial charge in [-0.1, -0.05) is 61.2 Å². The largest absolute Gasteiger partial charge is 0.454 e. The van der Waals surface area contributed by atoms with E-state index >= 15 is 0 Å². The lowest BCUT2D eigenvalue weighted by molar-refractivity contribution is -0.667. The summed E-state index contributed by atoms with van der Waals surface area (Å²) in [6.07, 6.45) is 0. The SMILES string of the molecule is Cc1cc(-c2c(C)ccc3c2oc2c(-c4ccc([Si](C)(C)C)cc4)ccc(C#N)c23)[n+](C)c(C)c1C. The van der Waals surface area contributed by atoms with Crippen molar-refractivity contribution in [1.82, 2.24) is 0 Å². The number of hydrogen-bond acceptors (Lipinski definition) is 2. The molecule has 0 aliphatic heterocycles. The Kier molecular flexibility index (Phi) is 5.65. The number of fused-ring (bicyclic) bond motifs is 3. The van der Waals surface area contributed by atoms with Crippen molar-refractivity contribution in [2.45, 2.75) is 47.3 Å². The van der Waals surface area contributed by atoms with Crippen LogP contribution in [-0.4, -0.2) is 8.07 Å². The van der Waals surface area contributed by atoms with E-state index in [4.69, 9.17) is 4.42 Å². The summed E-state index contributed by atoms with van der Waals surface area (Å²) in [5.74, 6) is 0. The fourth-order valence-electron chi connectivity index (χ4n) is 5.20. The van der Waals surface area contributed by atoms with E-state index in [0.29, 0.717) is 5.56 Å². The Hall–Kier alpha value is -3.68. The smallest absolute Gasteiger partial charge is 0.216 e. The van der Waals surface area contributed by atoms with Crippen molar-refractivity contribution >= 4 is 35.2 Å². The average molecular weight is 490 g/mol. The maximum absolute atomic E-state index is 10.00. The first-order chi connectivity index (χ1) is 17.0. The molecule has 5 aromatic rings.